The van der Waals surface area contributed by atoms with E-state index in [1.165, 1.54) is 13.2 Å². The first-order chi connectivity index (χ1) is 18.5. The van der Waals surface area contributed by atoms with Crippen molar-refractivity contribution in [3.05, 3.63) is 41.9 Å². The van der Waals surface area contributed by atoms with Crippen LogP contribution in [0.1, 0.15) is 48.3 Å². The number of para-hydroxylation sites is 1. The number of hydrogen-bond acceptors (Lipinski definition) is 9. The second-order valence-electron chi connectivity index (χ2n) is 9.34. The molecule has 1 aliphatic heterocycles. The Kier molecular flexibility index (Phi) is 7.19. The summed E-state index contributed by atoms with van der Waals surface area (Å²) in [5.41, 5.74) is 7.66. The minimum absolute atomic E-state index is 0.0271. The summed E-state index contributed by atoms with van der Waals surface area (Å²) >= 11 is 0. The number of nitrogens with two attached hydrogens (primary N) is 1. The molecule has 3 aromatic rings. The lowest BCUT2D eigenvalue weighted by atomic mass is 10.0. The van der Waals surface area contributed by atoms with Crippen molar-refractivity contribution in [3.63, 3.8) is 0 Å². The van der Waals surface area contributed by atoms with E-state index >= 15 is 0 Å². The summed E-state index contributed by atoms with van der Waals surface area (Å²) in [5, 5.41) is 28.0. The summed E-state index contributed by atoms with van der Waals surface area (Å²) < 4.78 is 13.3. The Balaban J connectivity index is 1.47. The van der Waals surface area contributed by atoms with Gasteiger partial charge >= 0.3 is 0 Å². The molecule has 3 heterocycles. The molecule has 196 valence electrons. The molecular formula is C26H28N8O4. The lowest BCUT2D eigenvalue weighted by molar-refractivity contribution is -0.117. The van der Waals surface area contributed by atoms with Crippen molar-refractivity contribution < 1.29 is 19.1 Å². The number of ether oxygens (including phenoxy) is 2. The molecule has 2 aliphatic rings. The third-order valence-corrected chi connectivity index (χ3v) is 6.54. The second kappa shape index (κ2) is 10.9. The first-order valence-electron chi connectivity index (χ1n) is 12.5. The number of aromatic nitrogens is 4. The molecule has 1 saturated carbocycles. The van der Waals surface area contributed by atoms with E-state index in [0.29, 0.717) is 29.1 Å². The van der Waals surface area contributed by atoms with Crippen LogP contribution in [0.2, 0.25) is 0 Å². The highest BCUT2D eigenvalue weighted by atomic mass is 16.5. The van der Waals surface area contributed by atoms with Gasteiger partial charge in [-0.05, 0) is 38.2 Å². The van der Waals surface area contributed by atoms with Crippen molar-refractivity contribution in [2.24, 2.45) is 11.7 Å². The van der Waals surface area contributed by atoms with Gasteiger partial charge in [-0.3, -0.25) is 14.3 Å². The third kappa shape index (κ3) is 5.42. The number of rotatable bonds is 9. The molecule has 2 aromatic heterocycles. The number of amides is 2. The molecule has 1 aliphatic carbocycles. The Bertz CT molecular complexity index is 1400. The van der Waals surface area contributed by atoms with Crippen molar-refractivity contribution in [2.45, 2.75) is 44.8 Å². The van der Waals surface area contributed by atoms with Crippen molar-refractivity contribution in [3.8, 4) is 22.9 Å². The maximum atomic E-state index is 12.2. The van der Waals surface area contributed by atoms with Crippen LogP contribution < -0.4 is 21.1 Å². The number of carbonyl (C=O) groups is 2. The number of hydrogen-bond donors (Lipinski definition) is 3. The molecule has 5 rings (SSSR count). The number of nitriles is 1. The minimum Gasteiger partial charge on any atom is -0.494 e. The highest BCUT2D eigenvalue weighted by Gasteiger charge is 2.30. The molecule has 38 heavy (non-hydrogen) atoms. The van der Waals surface area contributed by atoms with Gasteiger partial charge in [-0.25, -0.2) is 0 Å². The Morgan fingerprint density at radius 3 is 2.74 bits per heavy atom. The molecule has 1 saturated heterocycles. The monoisotopic (exact) mass is 516 g/mol. The maximum absolute atomic E-state index is 12.2. The van der Waals surface area contributed by atoms with Gasteiger partial charge in [-0.1, -0.05) is 12.1 Å². The summed E-state index contributed by atoms with van der Waals surface area (Å²) in [6.45, 7) is 1.28. The normalized spacial score (nSPS) is 16.9. The second-order valence-corrected chi connectivity index (χ2v) is 9.34. The Morgan fingerprint density at radius 1 is 1.21 bits per heavy atom. The lowest BCUT2D eigenvalue weighted by Gasteiger charge is -2.22. The van der Waals surface area contributed by atoms with Crippen molar-refractivity contribution >= 4 is 29.0 Å². The van der Waals surface area contributed by atoms with E-state index < -0.39 is 5.91 Å². The maximum Gasteiger partial charge on any atom is 0.271 e. The van der Waals surface area contributed by atoms with Crippen LogP contribution in [0, 0.1) is 17.2 Å². The van der Waals surface area contributed by atoms with Gasteiger partial charge < -0.3 is 25.8 Å². The molecule has 0 bridgehead atoms. The summed E-state index contributed by atoms with van der Waals surface area (Å²) in [4.78, 5) is 24.3. The number of anilines is 3. The van der Waals surface area contributed by atoms with E-state index in [-0.39, 0.29) is 40.8 Å². The van der Waals surface area contributed by atoms with Crippen LogP contribution in [0.25, 0.3) is 11.1 Å². The van der Waals surface area contributed by atoms with Gasteiger partial charge in [0, 0.05) is 35.9 Å². The molecule has 1 atom stereocenters. The average molecular weight is 517 g/mol. The molecular weight excluding hydrogens is 488 g/mol. The minimum atomic E-state index is -0.784. The van der Waals surface area contributed by atoms with Gasteiger partial charge in [0.1, 0.15) is 11.8 Å². The molecule has 0 spiro atoms. The van der Waals surface area contributed by atoms with Gasteiger partial charge in [-0.15, -0.1) is 10.2 Å². The van der Waals surface area contributed by atoms with E-state index in [2.05, 4.69) is 32.0 Å². The largest absolute Gasteiger partial charge is 0.494 e. The predicted octanol–water partition coefficient (Wildman–Crippen LogP) is 2.98. The van der Waals surface area contributed by atoms with Gasteiger partial charge in [0.15, 0.2) is 17.2 Å². The smallest absolute Gasteiger partial charge is 0.271 e. The first kappa shape index (κ1) is 25.2. The molecule has 4 N–H and O–H groups in total. The van der Waals surface area contributed by atoms with Crippen LogP contribution in [-0.4, -0.2) is 51.6 Å². The number of nitrogens with one attached hydrogen (secondary N) is 2. The average Bonchev–Trinajstić information content (AvgIpc) is 3.70. The number of primary amides is 1. The van der Waals surface area contributed by atoms with Crippen LogP contribution in [-0.2, 0) is 16.1 Å². The lowest BCUT2D eigenvalue weighted by Crippen LogP contribution is -2.24. The molecule has 2 amide bonds. The SMILES string of the molecule is COc1c(Nc2cc(NC(=O)C3CC3)nnc2C(N)=O)cccc1-c1cn(C[C@H]2CCCCO2)nc1C#N. The standard InChI is InChI=1S/C26H28N8O4/c1-37-24-17(18-14-34(33-21(18)12-27)13-16-5-2-3-10-38-16)6-4-7-19(24)29-20-11-22(30-26(36)15-8-9-15)31-32-23(20)25(28)35/h4,6-7,11,14-16H,2-3,5,8-10,13H2,1H3,(H2,28,35)(H2,29,30,31,36)/t16-/m1/s1. The zero-order valence-corrected chi connectivity index (χ0v) is 20.9. The fraction of sp³-hybridized carbons (Fsp3) is 0.385. The van der Waals surface area contributed by atoms with Crippen LogP contribution in [0.5, 0.6) is 5.75 Å². The van der Waals surface area contributed by atoms with Crippen molar-refractivity contribution in [1.82, 2.24) is 20.0 Å². The van der Waals surface area contributed by atoms with Gasteiger partial charge in [0.25, 0.3) is 5.91 Å². The molecule has 12 heteroatoms. The van der Waals surface area contributed by atoms with E-state index in [4.69, 9.17) is 15.2 Å². The fourth-order valence-corrected chi connectivity index (χ4v) is 4.47. The van der Waals surface area contributed by atoms with E-state index in [1.807, 2.05) is 12.3 Å². The van der Waals surface area contributed by atoms with Crippen LogP contribution >= 0.6 is 0 Å². The number of benzene rings is 1. The zero-order chi connectivity index (χ0) is 26.6. The molecule has 1 aromatic carbocycles. The quantitative estimate of drug-likeness (QED) is 0.387. The van der Waals surface area contributed by atoms with Gasteiger partial charge in [0.05, 0.1) is 31.1 Å². The summed E-state index contributed by atoms with van der Waals surface area (Å²) in [6, 6.07) is 9.04. The summed E-state index contributed by atoms with van der Waals surface area (Å²) in [6.07, 6.45) is 6.65. The molecule has 0 radical (unpaired) electrons. The first-order valence-corrected chi connectivity index (χ1v) is 12.5. The van der Waals surface area contributed by atoms with E-state index in [9.17, 15) is 14.9 Å². The topological polar surface area (TPSA) is 170 Å². The third-order valence-electron chi connectivity index (χ3n) is 6.54. The molecule has 0 unspecified atom stereocenters. The highest BCUT2D eigenvalue weighted by Crippen LogP contribution is 2.39. The highest BCUT2D eigenvalue weighted by molar-refractivity contribution is 5.99. The van der Waals surface area contributed by atoms with Crippen LogP contribution in [0.15, 0.2) is 30.5 Å². The van der Waals surface area contributed by atoms with Crippen molar-refractivity contribution in [2.75, 3.05) is 24.4 Å². The zero-order valence-electron chi connectivity index (χ0n) is 20.9. The van der Waals surface area contributed by atoms with Gasteiger partial charge in [0.2, 0.25) is 5.91 Å². The predicted molar refractivity (Wildman–Crippen MR) is 138 cm³/mol. The Hall–Kier alpha value is -4.50. The number of nitrogens with zero attached hydrogens (tertiary/aromatic N) is 5. The van der Waals surface area contributed by atoms with E-state index in [0.717, 1.165) is 38.7 Å². The Labute approximate surface area is 219 Å². The molecule has 2 fully saturated rings. The number of methoxy groups -OCH3 is 1. The van der Waals surface area contributed by atoms with Crippen molar-refractivity contribution in [1.29, 1.82) is 5.26 Å². The summed E-state index contributed by atoms with van der Waals surface area (Å²) in [5.74, 6) is -0.332. The van der Waals surface area contributed by atoms with Gasteiger partial charge in [-0.2, -0.15) is 10.4 Å². The molecule has 12 nitrogen and oxygen atoms in total. The number of carbonyl (C=O) groups excluding carboxylic acids is 2. The fourth-order valence-electron chi connectivity index (χ4n) is 4.47. The van der Waals surface area contributed by atoms with Crippen LogP contribution in [0.3, 0.4) is 0 Å². The van der Waals surface area contributed by atoms with Crippen LogP contribution in [0.4, 0.5) is 17.2 Å². The summed E-state index contributed by atoms with van der Waals surface area (Å²) in [7, 11) is 1.51. The van der Waals surface area contributed by atoms with E-state index in [1.54, 1.807) is 16.8 Å². The Morgan fingerprint density at radius 2 is 2.05 bits per heavy atom.